The number of imidazole rings is 1. The lowest BCUT2D eigenvalue weighted by Gasteiger charge is -1.96. The Hall–Kier alpha value is -2.00. The summed E-state index contributed by atoms with van der Waals surface area (Å²) in [6, 6.07) is 0. The fourth-order valence-corrected chi connectivity index (χ4v) is 1.30. The largest absolute Gasteiger partial charge is 0.301 e. The van der Waals surface area contributed by atoms with E-state index in [1.807, 2.05) is 10.6 Å². The first-order valence-corrected chi connectivity index (χ1v) is 4.21. The van der Waals surface area contributed by atoms with Gasteiger partial charge in [-0.15, -0.1) is 0 Å². The molecule has 0 fully saturated rings. The number of carbonyl (C=O) groups excluding carboxylic acids is 1. The van der Waals surface area contributed by atoms with Crippen LogP contribution in [0.2, 0.25) is 0 Å². The Balaban J connectivity index is 2.29. The summed E-state index contributed by atoms with van der Waals surface area (Å²) < 4.78 is 1.92. The maximum atomic E-state index is 9.87. The summed E-state index contributed by atoms with van der Waals surface area (Å²) in [6.07, 6.45) is 9.17. The molecule has 14 heavy (non-hydrogen) atoms. The molecule has 5 nitrogen and oxygen atoms in total. The molecule has 0 bridgehead atoms. The minimum Gasteiger partial charge on any atom is -0.301 e. The molecule has 0 radical (unpaired) electrons. The third-order valence-electron chi connectivity index (χ3n) is 1.94. The zero-order valence-electron chi connectivity index (χ0n) is 7.42. The predicted molar refractivity (Wildman–Crippen MR) is 49.7 cm³/mol. The molecule has 0 aliphatic rings. The van der Waals surface area contributed by atoms with E-state index in [4.69, 9.17) is 0 Å². The van der Waals surface area contributed by atoms with E-state index >= 15 is 0 Å². The van der Waals surface area contributed by atoms with Gasteiger partial charge in [-0.25, -0.2) is 14.8 Å². The topological polar surface area (TPSA) is 59.6 Å². The average molecular weight is 188 g/mol. The molecule has 0 aliphatic carbocycles. The molecule has 5 heteroatoms. The molecule has 70 valence electrons. The Bertz CT molecular complexity index is 484. The van der Waals surface area contributed by atoms with Gasteiger partial charge in [-0.05, 0) is 0 Å². The van der Waals surface area contributed by atoms with Gasteiger partial charge in [-0.2, -0.15) is 0 Å². The van der Waals surface area contributed by atoms with Crippen LogP contribution in [0.5, 0.6) is 0 Å². The summed E-state index contributed by atoms with van der Waals surface area (Å²) in [5.41, 5.74) is 1.82. The highest BCUT2D eigenvalue weighted by Crippen LogP contribution is 2.04. The van der Waals surface area contributed by atoms with Gasteiger partial charge < -0.3 is 4.40 Å². The third kappa shape index (κ3) is 1.53. The zero-order chi connectivity index (χ0) is 9.80. The summed E-state index contributed by atoms with van der Waals surface area (Å²) in [7, 11) is 0. The van der Waals surface area contributed by atoms with Crippen LogP contribution in [0.4, 0.5) is 0 Å². The maximum Gasteiger partial charge on any atom is 0.234 e. The number of nitrogens with zero attached hydrogens (tertiary/aromatic N) is 4. The van der Waals surface area contributed by atoms with Gasteiger partial charge in [0.05, 0.1) is 12.7 Å². The number of aromatic nitrogens is 3. The molecule has 0 amide bonds. The molecule has 0 saturated carbocycles. The van der Waals surface area contributed by atoms with Crippen LogP contribution in [0.15, 0.2) is 29.8 Å². The van der Waals surface area contributed by atoms with E-state index in [0.29, 0.717) is 13.0 Å². The highest BCUT2D eigenvalue weighted by atomic mass is 16.1. The van der Waals surface area contributed by atoms with Crippen molar-refractivity contribution in [3.8, 4) is 0 Å². The van der Waals surface area contributed by atoms with Crippen LogP contribution in [0.25, 0.3) is 5.65 Å². The van der Waals surface area contributed by atoms with Gasteiger partial charge in [0.1, 0.15) is 0 Å². The minimum atomic E-state index is 0.444. The van der Waals surface area contributed by atoms with Crippen molar-refractivity contribution >= 4 is 11.7 Å². The highest BCUT2D eigenvalue weighted by molar-refractivity contribution is 5.37. The fraction of sp³-hybridized carbons (Fsp3) is 0.222. The molecule has 0 atom stereocenters. The first-order valence-electron chi connectivity index (χ1n) is 4.21. The monoisotopic (exact) mass is 188 g/mol. The predicted octanol–water partition coefficient (Wildman–Crippen LogP) is 0.608. The van der Waals surface area contributed by atoms with E-state index < -0.39 is 0 Å². The van der Waals surface area contributed by atoms with Gasteiger partial charge >= 0.3 is 0 Å². The molecule has 0 unspecified atom stereocenters. The Morgan fingerprint density at radius 1 is 1.50 bits per heavy atom. The van der Waals surface area contributed by atoms with Crippen molar-refractivity contribution < 1.29 is 4.79 Å². The summed E-state index contributed by atoms with van der Waals surface area (Å²) in [4.78, 5) is 21.5. The normalized spacial score (nSPS) is 10.0. The van der Waals surface area contributed by atoms with Gasteiger partial charge in [-0.1, -0.05) is 0 Å². The Kier molecular flexibility index (Phi) is 2.34. The average Bonchev–Trinajstić information content (AvgIpc) is 2.63. The molecular weight excluding hydrogens is 180 g/mol. The number of rotatable bonds is 3. The lowest BCUT2D eigenvalue weighted by atomic mass is 10.3. The number of hydrogen-bond donors (Lipinski definition) is 0. The van der Waals surface area contributed by atoms with Gasteiger partial charge in [0.25, 0.3) is 0 Å². The van der Waals surface area contributed by atoms with Crippen LogP contribution in [0.3, 0.4) is 0 Å². The van der Waals surface area contributed by atoms with E-state index in [2.05, 4.69) is 15.0 Å². The molecule has 0 N–H and O–H groups in total. The second-order valence-electron chi connectivity index (χ2n) is 2.78. The molecule has 0 saturated heterocycles. The fourth-order valence-electron chi connectivity index (χ4n) is 1.30. The third-order valence-corrected chi connectivity index (χ3v) is 1.94. The van der Waals surface area contributed by atoms with Crippen molar-refractivity contribution in [2.75, 3.05) is 6.54 Å². The van der Waals surface area contributed by atoms with Crippen LogP contribution in [0, 0.1) is 0 Å². The number of hydrogen-bond acceptors (Lipinski definition) is 4. The van der Waals surface area contributed by atoms with Gasteiger partial charge in [0.15, 0.2) is 5.65 Å². The van der Waals surface area contributed by atoms with E-state index in [1.165, 1.54) is 6.08 Å². The Labute approximate surface area is 80.1 Å². The SMILES string of the molecule is O=C=NCCc1cnc2cnccn12. The second kappa shape index (κ2) is 3.81. The summed E-state index contributed by atoms with van der Waals surface area (Å²) >= 11 is 0. The van der Waals surface area contributed by atoms with Crippen LogP contribution >= 0.6 is 0 Å². The van der Waals surface area contributed by atoms with E-state index in [0.717, 1.165) is 11.3 Å². The quantitative estimate of drug-likeness (QED) is 0.523. The van der Waals surface area contributed by atoms with Crippen molar-refractivity contribution in [3.05, 3.63) is 30.5 Å². The number of fused-ring (bicyclic) bond motifs is 1. The van der Waals surface area contributed by atoms with Gasteiger partial charge in [0.2, 0.25) is 6.08 Å². The molecule has 0 spiro atoms. The zero-order valence-corrected chi connectivity index (χ0v) is 7.42. The van der Waals surface area contributed by atoms with Crippen LogP contribution < -0.4 is 0 Å². The van der Waals surface area contributed by atoms with Gasteiger partial charge in [0, 0.05) is 30.7 Å². The molecule has 2 heterocycles. The van der Waals surface area contributed by atoms with Crippen molar-refractivity contribution in [2.24, 2.45) is 4.99 Å². The molecule has 0 aromatic carbocycles. The van der Waals surface area contributed by atoms with Crippen molar-refractivity contribution in [3.63, 3.8) is 0 Å². The summed E-state index contributed by atoms with van der Waals surface area (Å²) in [5.74, 6) is 0. The second-order valence-corrected chi connectivity index (χ2v) is 2.78. The molecule has 2 rings (SSSR count). The van der Waals surface area contributed by atoms with Crippen LogP contribution in [-0.4, -0.2) is 27.0 Å². The Morgan fingerprint density at radius 3 is 3.29 bits per heavy atom. The lowest BCUT2D eigenvalue weighted by molar-refractivity contribution is 0.563. The molecule has 2 aromatic heterocycles. The van der Waals surface area contributed by atoms with Gasteiger partial charge in [-0.3, -0.25) is 4.98 Å². The summed E-state index contributed by atoms with van der Waals surface area (Å²) in [6.45, 7) is 0.444. The summed E-state index contributed by atoms with van der Waals surface area (Å²) in [5, 5.41) is 0. The first-order chi connectivity index (χ1) is 6.92. The number of aliphatic imine (C=N–C) groups is 1. The molecule has 0 aliphatic heterocycles. The molecule has 2 aromatic rings. The Morgan fingerprint density at radius 2 is 2.43 bits per heavy atom. The lowest BCUT2D eigenvalue weighted by Crippen LogP contribution is -1.95. The van der Waals surface area contributed by atoms with Crippen LogP contribution in [-0.2, 0) is 11.2 Å². The van der Waals surface area contributed by atoms with E-state index in [1.54, 1.807) is 18.6 Å². The van der Waals surface area contributed by atoms with Crippen molar-refractivity contribution in [1.82, 2.24) is 14.4 Å². The molecular formula is C9H8N4O. The van der Waals surface area contributed by atoms with Crippen LogP contribution in [0.1, 0.15) is 5.69 Å². The van der Waals surface area contributed by atoms with E-state index in [-0.39, 0.29) is 0 Å². The van der Waals surface area contributed by atoms with Crippen molar-refractivity contribution in [2.45, 2.75) is 6.42 Å². The van der Waals surface area contributed by atoms with E-state index in [9.17, 15) is 4.79 Å². The standard InChI is InChI=1S/C9H8N4O/c14-7-11-2-1-8-5-12-9-6-10-3-4-13(8)9/h3-6H,1-2H2. The van der Waals surface area contributed by atoms with Crippen molar-refractivity contribution in [1.29, 1.82) is 0 Å². The highest BCUT2D eigenvalue weighted by Gasteiger charge is 2.00. The maximum absolute atomic E-state index is 9.87. The first kappa shape index (κ1) is 8.59. The smallest absolute Gasteiger partial charge is 0.234 e. The minimum absolute atomic E-state index is 0.444. The number of isocyanates is 1.